The summed E-state index contributed by atoms with van der Waals surface area (Å²) >= 11 is 0. The van der Waals surface area contributed by atoms with Crippen LogP contribution in [0.1, 0.15) is 52.0 Å². The molecule has 3 aromatic rings. The van der Waals surface area contributed by atoms with Gasteiger partial charge in [0, 0.05) is 24.6 Å². The van der Waals surface area contributed by atoms with Crippen LogP contribution >= 0.6 is 0 Å². The molecule has 7 heteroatoms. The molecule has 32 heavy (non-hydrogen) atoms. The van der Waals surface area contributed by atoms with Crippen molar-refractivity contribution in [3.63, 3.8) is 0 Å². The topological polar surface area (TPSA) is 84.7 Å². The summed E-state index contributed by atoms with van der Waals surface area (Å²) in [6.07, 6.45) is 2.74. The number of aryl methyl sites for hydroxylation is 1. The molecule has 2 heterocycles. The van der Waals surface area contributed by atoms with Crippen LogP contribution in [0.4, 0.5) is 4.79 Å². The van der Waals surface area contributed by atoms with Crippen LogP contribution in [0.2, 0.25) is 0 Å². The summed E-state index contributed by atoms with van der Waals surface area (Å²) in [4.78, 5) is 26.3. The number of aromatic carboxylic acids is 1. The van der Waals surface area contributed by atoms with Crippen molar-refractivity contribution in [2.24, 2.45) is 0 Å². The normalized spacial score (nSPS) is 17.7. The van der Waals surface area contributed by atoms with E-state index < -0.39 is 5.97 Å². The van der Waals surface area contributed by atoms with Gasteiger partial charge in [-0.05, 0) is 42.0 Å². The first kappa shape index (κ1) is 20.3. The average Bonchev–Trinajstić information content (AvgIpc) is 3.36. The molecule has 0 spiro atoms. The minimum Gasteiger partial charge on any atom is -0.477 e. The summed E-state index contributed by atoms with van der Waals surface area (Å²) in [7, 11) is 0. The number of benzene rings is 2. The van der Waals surface area contributed by atoms with Gasteiger partial charge in [0.2, 0.25) is 0 Å². The molecule has 7 nitrogen and oxygen atoms in total. The number of carboxylic acid groups (broad SMARTS) is 1. The number of fused-ring (bicyclic) bond motifs is 3. The Kier molecular flexibility index (Phi) is 5.17. The van der Waals surface area contributed by atoms with E-state index in [9.17, 15) is 14.7 Å². The molecule has 1 atom stereocenters. The van der Waals surface area contributed by atoms with Crippen LogP contribution in [0.25, 0.3) is 11.1 Å². The Balaban J connectivity index is 1.30. The maximum Gasteiger partial charge on any atom is 0.409 e. The van der Waals surface area contributed by atoms with Crippen LogP contribution < -0.4 is 0 Å². The van der Waals surface area contributed by atoms with Crippen molar-refractivity contribution in [2.45, 2.75) is 31.7 Å². The molecule has 0 saturated carbocycles. The maximum absolute atomic E-state index is 12.9. The number of hydrogen-bond donors (Lipinski definition) is 1. The second-order valence-electron chi connectivity index (χ2n) is 8.47. The van der Waals surface area contributed by atoms with Gasteiger partial charge in [0.1, 0.15) is 12.3 Å². The molecule has 1 saturated heterocycles. The zero-order valence-electron chi connectivity index (χ0n) is 17.9. The summed E-state index contributed by atoms with van der Waals surface area (Å²) < 4.78 is 7.33. The Morgan fingerprint density at radius 1 is 1.09 bits per heavy atom. The van der Waals surface area contributed by atoms with Crippen molar-refractivity contribution in [2.75, 3.05) is 19.7 Å². The number of carboxylic acids is 1. The molecule has 1 aromatic heterocycles. The third-order valence-electron chi connectivity index (χ3n) is 6.52. The molecular weight excluding hydrogens is 406 g/mol. The Morgan fingerprint density at radius 2 is 1.75 bits per heavy atom. The predicted octanol–water partition coefficient (Wildman–Crippen LogP) is 4.48. The van der Waals surface area contributed by atoms with Gasteiger partial charge < -0.3 is 14.7 Å². The number of nitrogens with zero attached hydrogens (tertiary/aromatic N) is 3. The van der Waals surface area contributed by atoms with Gasteiger partial charge in [0.05, 0.1) is 12.2 Å². The quantitative estimate of drug-likeness (QED) is 0.659. The van der Waals surface area contributed by atoms with E-state index in [2.05, 4.69) is 29.4 Å². The molecule has 1 fully saturated rings. The van der Waals surface area contributed by atoms with Crippen LogP contribution in [0.5, 0.6) is 0 Å². The molecule has 0 radical (unpaired) electrons. The predicted molar refractivity (Wildman–Crippen MR) is 119 cm³/mol. The summed E-state index contributed by atoms with van der Waals surface area (Å²) in [6, 6.07) is 16.3. The highest BCUT2D eigenvalue weighted by Gasteiger charge is 2.32. The Morgan fingerprint density at radius 3 is 2.41 bits per heavy atom. The second-order valence-corrected chi connectivity index (χ2v) is 8.47. The molecule has 164 valence electrons. The number of amides is 1. The Hall–Kier alpha value is -3.61. The lowest BCUT2D eigenvalue weighted by molar-refractivity contribution is 0.0664. The molecule has 1 amide bonds. The zero-order valence-corrected chi connectivity index (χ0v) is 17.9. The maximum atomic E-state index is 12.9. The molecule has 1 aliphatic carbocycles. The Labute approximate surface area is 186 Å². The molecule has 0 bridgehead atoms. The van der Waals surface area contributed by atoms with E-state index in [1.165, 1.54) is 22.3 Å². The van der Waals surface area contributed by atoms with Crippen LogP contribution in [0, 0.1) is 6.92 Å². The minimum absolute atomic E-state index is 0.0133. The number of aromatic nitrogens is 2. The van der Waals surface area contributed by atoms with Crippen LogP contribution in [0.15, 0.2) is 54.7 Å². The lowest BCUT2D eigenvalue weighted by atomic mass is 9.98. The summed E-state index contributed by atoms with van der Waals surface area (Å²) in [5, 5.41) is 13.8. The largest absolute Gasteiger partial charge is 0.477 e. The van der Waals surface area contributed by atoms with Gasteiger partial charge in [-0.1, -0.05) is 48.5 Å². The molecule has 1 N–H and O–H groups in total. The van der Waals surface area contributed by atoms with Gasteiger partial charge in [-0.3, -0.25) is 4.68 Å². The zero-order chi connectivity index (χ0) is 22.2. The minimum atomic E-state index is -1.00. The number of carbonyl (C=O) groups is 2. The standard InChI is InChI=1S/C25H25N3O4/c1-16-13-26-28(23(16)24(29)30)17-7-6-12-27(14-17)25(31)32-15-22-20-10-4-2-8-18(20)19-9-3-5-11-21(19)22/h2-5,8-11,13,17,22H,6-7,12,14-15H2,1H3,(H,29,30). The number of ether oxygens (including phenoxy) is 1. The third kappa shape index (κ3) is 3.43. The van der Waals surface area contributed by atoms with Crippen molar-refractivity contribution in [1.82, 2.24) is 14.7 Å². The van der Waals surface area contributed by atoms with Gasteiger partial charge in [0.25, 0.3) is 0 Å². The average molecular weight is 431 g/mol. The number of rotatable bonds is 4. The third-order valence-corrected chi connectivity index (χ3v) is 6.52. The Bertz CT molecular complexity index is 1140. The van der Waals surface area contributed by atoms with Crippen molar-refractivity contribution in [3.8, 4) is 11.1 Å². The fourth-order valence-corrected chi connectivity index (χ4v) is 5.00. The van der Waals surface area contributed by atoms with E-state index in [0.717, 1.165) is 12.8 Å². The highest BCUT2D eigenvalue weighted by Crippen LogP contribution is 2.44. The molecule has 2 aromatic carbocycles. The van der Waals surface area contributed by atoms with Crippen LogP contribution in [0.3, 0.4) is 0 Å². The van der Waals surface area contributed by atoms with Crippen molar-refractivity contribution in [1.29, 1.82) is 0 Å². The highest BCUT2D eigenvalue weighted by atomic mass is 16.6. The number of likely N-dealkylation sites (tertiary alicyclic amines) is 1. The molecular formula is C25H25N3O4. The van der Waals surface area contributed by atoms with E-state index in [1.54, 1.807) is 22.7 Å². The van der Waals surface area contributed by atoms with Gasteiger partial charge in [-0.25, -0.2) is 9.59 Å². The molecule has 1 unspecified atom stereocenters. The van der Waals surface area contributed by atoms with E-state index in [-0.39, 0.29) is 30.4 Å². The first-order chi connectivity index (χ1) is 15.5. The number of hydrogen-bond acceptors (Lipinski definition) is 4. The lowest BCUT2D eigenvalue weighted by Gasteiger charge is -2.33. The van der Waals surface area contributed by atoms with E-state index >= 15 is 0 Å². The summed E-state index contributed by atoms with van der Waals surface area (Å²) in [5.41, 5.74) is 5.54. The van der Waals surface area contributed by atoms with E-state index in [4.69, 9.17) is 4.74 Å². The second kappa shape index (κ2) is 8.15. The van der Waals surface area contributed by atoms with Crippen LogP contribution in [-0.2, 0) is 4.74 Å². The van der Waals surface area contributed by atoms with Gasteiger partial charge in [0.15, 0.2) is 0 Å². The molecule has 2 aliphatic rings. The number of carbonyl (C=O) groups excluding carboxylic acids is 1. The summed E-state index contributed by atoms with van der Waals surface area (Å²) in [6.45, 7) is 2.99. The van der Waals surface area contributed by atoms with Crippen molar-refractivity contribution in [3.05, 3.63) is 77.1 Å². The lowest BCUT2D eigenvalue weighted by Crippen LogP contribution is -2.42. The molecule has 5 rings (SSSR count). The highest BCUT2D eigenvalue weighted by molar-refractivity contribution is 5.87. The molecule has 1 aliphatic heterocycles. The van der Waals surface area contributed by atoms with Gasteiger partial charge in [-0.2, -0.15) is 5.10 Å². The van der Waals surface area contributed by atoms with Crippen LogP contribution in [-0.4, -0.2) is 51.5 Å². The van der Waals surface area contributed by atoms with Crippen molar-refractivity contribution < 1.29 is 19.4 Å². The first-order valence-electron chi connectivity index (χ1n) is 10.9. The van der Waals surface area contributed by atoms with E-state index in [0.29, 0.717) is 18.7 Å². The fraction of sp³-hybridized carbons (Fsp3) is 0.320. The van der Waals surface area contributed by atoms with Crippen molar-refractivity contribution >= 4 is 12.1 Å². The smallest absolute Gasteiger partial charge is 0.409 e. The van der Waals surface area contributed by atoms with E-state index in [1.807, 2.05) is 24.3 Å². The SMILES string of the molecule is Cc1cnn(C2CCCN(C(=O)OCC3c4ccccc4-c4ccccc43)C2)c1C(=O)O. The first-order valence-corrected chi connectivity index (χ1v) is 10.9. The monoisotopic (exact) mass is 431 g/mol. The van der Waals surface area contributed by atoms with Gasteiger partial charge >= 0.3 is 12.1 Å². The number of piperidine rings is 1. The summed E-state index contributed by atoms with van der Waals surface area (Å²) in [5.74, 6) is -0.988. The van der Waals surface area contributed by atoms with Gasteiger partial charge in [-0.15, -0.1) is 0 Å². The fourth-order valence-electron chi connectivity index (χ4n) is 5.00.